The molecule has 0 bridgehead atoms. The molecule has 0 aromatic heterocycles. The van der Waals surface area contributed by atoms with Gasteiger partial charge in [0.25, 0.3) is 0 Å². The predicted molar refractivity (Wildman–Crippen MR) is 108 cm³/mol. The number of carbonyl (C=O) groups excluding carboxylic acids is 1. The average Bonchev–Trinajstić information content (AvgIpc) is 2.96. The lowest BCUT2D eigenvalue weighted by Gasteiger charge is -2.22. The summed E-state index contributed by atoms with van der Waals surface area (Å²) in [4.78, 5) is 14.7. The topological polar surface area (TPSA) is 57.7 Å². The molecule has 0 atom stereocenters. The number of nitrogens with zero attached hydrogens (tertiary/aromatic N) is 2. The third-order valence-electron chi connectivity index (χ3n) is 4.67. The van der Waals surface area contributed by atoms with E-state index in [1.807, 2.05) is 0 Å². The minimum absolute atomic E-state index is 0.0416. The van der Waals surface area contributed by atoms with Crippen LogP contribution in [0.15, 0.2) is 58.3 Å². The Balaban J connectivity index is 1.54. The van der Waals surface area contributed by atoms with Gasteiger partial charge in [0.15, 0.2) is 0 Å². The third-order valence-corrected chi connectivity index (χ3v) is 7.63. The van der Waals surface area contributed by atoms with Crippen molar-refractivity contribution in [2.24, 2.45) is 0 Å². The van der Waals surface area contributed by atoms with E-state index in [0.29, 0.717) is 36.7 Å². The summed E-state index contributed by atoms with van der Waals surface area (Å²) in [6, 6.07) is 11.2. The fourth-order valence-corrected chi connectivity index (χ4v) is 5.45. The molecule has 1 aliphatic heterocycles. The van der Waals surface area contributed by atoms with Crippen molar-refractivity contribution >= 4 is 27.7 Å². The molecule has 0 aliphatic carbocycles. The van der Waals surface area contributed by atoms with E-state index < -0.39 is 15.8 Å². The Morgan fingerprint density at radius 3 is 2.41 bits per heavy atom. The predicted octanol–water partition coefficient (Wildman–Crippen LogP) is 3.37. The van der Waals surface area contributed by atoms with Crippen molar-refractivity contribution in [3.8, 4) is 0 Å². The van der Waals surface area contributed by atoms with Gasteiger partial charge in [0, 0.05) is 43.2 Å². The van der Waals surface area contributed by atoms with E-state index in [4.69, 9.17) is 0 Å². The van der Waals surface area contributed by atoms with Gasteiger partial charge in [-0.3, -0.25) is 4.79 Å². The number of hydrogen-bond donors (Lipinski definition) is 0. The van der Waals surface area contributed by atoms with Gasteiger partial charge < -0.3 is 4.90 Å². The van der Waals surface area contributed by atoms with Crippen molar-refractivity contribution in [2.45, 2.75) is 22.6 Å². The summed E-state index contributed by atoms with van der Waals surface area (Å²) in [5.74, 6) is -0.422. The Morgan fingerprint density at radius 2 is 1.69 bits per heavy atom. The zero-order valence-corrected chi connectivity index (χ0v) is 17.4. The number of thioether (sulfide) groups is 1. The lowest BCUT2D eigenvalue weighted by Crippen LogP contribution is -2.37. The van der Waals surface area contributed by atoms with E-state index in [-0.39, 0.29) is 29.6 Å². The van der Waals surface area contributed by atoms with Gasteiger partial charge in [-0.25, -0.2) is 17.2 Å². The Kier molecular flexibility index (Phi) is 7.26. The SMILES string of the molecule is O=C(CCSc1ccccc1F)N1CCCN(S(=O)(=O)c2ccc(F)cc2)CC1. The second-order valence-corrected chi connectivity index (χ2v) is 9.70. The Morgan fingerprint density at radius 1 is 0.966 bits per heavy atom. The van der Waals surface area contributed by atoms with Crippen LogP contribution in [0.25, 0.3) is 0 Å². The van der Waals surface area contributed by atoms with Crippen molar-refractivity contribution in [1.29, 1.82) is 0 Å². The van der Waals surface area contributed by atoms with E-state index in [1.165, 1.54) is 34.3 Å². The summed E-state index contributed by atoms with van der Waals surface area (Å²) in [5, 5.41) is 0. The number of carbonyl (C=O) groups is 1. The molecule has 1 amide bonds. The average molecular weight is 441 g/mol. The molecule has 29 heavy (non-hydrogen) atoms. The number of benzene rings is 2. The van der Waals surface area contributed by atoms with Crippen LogP contribution in [0.5, 0.6) is 0 Å². The van der Waals surface area contributed by atoms with E-state index in [2.05, 4.69) is 0 Å². The van der Waals surface area contributed by atoms with Gasteiger partial charge in [0.05, 0.1) is 4.90 Å². The molecule has 5 nitrogen and oxygen atoms in total. The molecular weight excluding hydrogens is 418 g/mol. The summed E-state index contributed by atoms with van der Waals surface area (Å²) < 4.78 is 53.6. The van der Waals surface area contributed by atoms with Gasteiger partial charge in [-0.2, -0.15) is 4.31 Å². The zero-order chi connectivity index (χ0) is 20.9. The minimum Gasteiger partial charge on any atom is -0.341 e. The summed E-state index contributed by atoms with van der Waals surface area (Å²) in [6.07, 6.45) is 0.774. The zero-order valence-electron chi connectivity index (χ0n) is 15.8. The molecule has 1 fully saturated rings. The van der Waals surface area contributed by atoms with Crippen molar-refractivity contribution in [1.82, 2.24) is 9.21 Å². The molecule has 0 unspecified atom stereocenters. The van der Waals surface area contributed by atoms with Crippen molar-refractivity contribution in [2.75, 3.05) is 31.9 Å². The molecule has 2 aromatic rings. The first kappa shape index (κ1) is 21.7. The third kappa shape index (κ3) is 5.55. The molecule has 2 aromatic carbocycles. The standard InChI is InChI=1S/C20H22F2N2O3S2/c21-16-6-8-17(9-7-16)29(26,27)24-12-3-11-23(13-14-24)20(25)10-15-28-19-5-2-1-4-18(19)22/h1-2,4-9H,3,10-15H2. The van der Waals surface area contributed by atoms with E-state index in [9.17, 15) is 22.0 Å². The van der Waals surface area contributed by atoms with Crippen molar-refractivity contribution in [3.05, 3.63) is 60.2 Å². The molecule has 0 spiro atoms. The molecule has 156 valence electrons. The Bertz CT molecular complexity index is 952. The van der Waals surface area contributed by atoms with Gasteiger partial charge in [-0.1, -0.05) is 12.1 Å². The second-order valence-electron chi connectivity index (χ2n) is 6.62. The van der Waals surface area contributed by atoms with Gasteiger partial charge in [0.1, 0.15) is 11.6 Å². The maximum absolute atomic E-state index is 13.6. The van der Waals surface area contributed by atoms with Crippen molar-refractivity contribution < 1.29 is 22.0 Å². The highest BCUT2D eigenvalue weighted by Crippen LogP contribution is 2.23. The van der Waals surface area contributed by atoms with Crippen LogP contribution in [-0.2, 0) is 14.8 Å². The smallest absolute Gasteiger partial charge is 0.243 e. The van der Waals surface area contributed by atoms with Crippen LogP contribution in [0.1, 0.15) is 12.8 Å². The summed E-state index contributed by atoms with van der Waals surface area (Å²) >= 11 is 1.29. The molecule has 0 N–H and O–H groups in total. The van der Waals surface area contributed by atoms with Gasteiger partial charge in [-0.05, 0) is 42.8 Å². The largest absolute Gasteiger partial charge is 0.341 e. The molecule has 1 saturated heterocycles. The molecular formula is C20H22F2N2O3S2. The van der Waals surface area contributed by atoms with E-state index in [1.54, 1.807) is 23.1 Å². The second kappa shape index (κ2) is 9.69. The van der Waals surface area contributed by atoms with Gasteiger partial charge in [-0.15, -0.1) is 11.8 Å². The number of rotatable bonds is 6. The number of hydrogen-bond acceptors (Lipinski definition) is 4. The van der Waals surface area contributed by atoms with Crippen LogP contribution in [0.3, 0.4) is 0 Å². The monoisotopic (exact) mass is 440 g/mol. The number of halogens is 2. The molecule has 0 saturated carbocycles. The van der Waals surface area contributed by atoms with E-state index in [0.717, 1.165) is 12.1 Å². The van der Waals surface area contributed by atoms with Gasteiger partial charge >= 0.3 is 0 Å². The van der Waals surface area contributed by atoms with Crippen LogP contribution < -0.4 is 0 Å². The minimum atomic E-state index is -3.73. The molecule has 3 rings (SSSR count). The summed E-state index contributed by atoms with van der Waals surface area (Å²) in [7, 11) is -3.73. The molecule has 1 aliphatic rings. The van der Waals surface area contributed by atoms with Gasteiger partial charge in [0.2, 0.25) is 15.9 Å². The normalized spacial score (nSPS) is 15.9. The van der Waals surface area contributed by atoms with Crippen LogP contribution in [-0.4, -0.2) is 55.5 Å². The Labute approximate surface area is 173 Å². The lowest BCUT2D eigenvalue weighted by molar-refractivity contribution is -0.130. The molecule has 0 radical (unpaired) electrons. The molecule has 9 heteroatoms. The van der Waals surface area contributed by atoms with Crippen LogP contribution in [0.2, 0.25) is 0 Å². The highest BCUT2D eigenvalue weighted by atomic mass is 32.2. The number of amides is 1. The first-order valence-electron chi connectivity index (χ1n) is 9.29. The first-order chi connectivity index (χ1) is 13.9. The lowest BCUT2D eigenvalue weighted by atomic mass is 10.3. The molecule has 1 heterocycles. The quantitative estimate of drug-likeness (QED) is 0.647. The highest BCUT2D eigenvalue weighted by molar-refractivity contribution is 7.99. The fourth-order valence-electron chi connectivity index (χ4n) is 3.11. The maximum Gasteiger partial charge on any atom is 0.243 e. The first-order valence-corrected chi connectivity index (χ1v) is 11.7. The van der Waals surface area contributed by atoms with Crippen LogP contribution >= 0.6 is 11.8 Å². The Hall–Kier alpha value is -1.97. The van der Waals surface area contributed by atoms with Crippen LogP contribution in [0, 0.1) is 11.6 Å². The van der Waals surface area contributed by atoms with Crippen molar-refractivity contribution in [3.63, 3.8) is 0 Å². The maximum atomic E-state index is 13.6. The van der Waals surface area contributed by atoms with Crippen LogP contribution in [0.4, 0.5) is 8.78 Å². The number of sulfonamides is 1. The summed E-state index contributed by atoms with van der Waals surface area (Å²) in [5.41, 5.74) is 0. The highest BCUT2D eigenvalue weighted by Gasteiger charge is 2.28. The fraction of sp³-hybridized carbons (Fsp3) is 0.350. The van der Waals surface area contributed by atoms with E-state index >= 15 is 0 Å². The summed E-state index contributed by atoms with van der Waals surface area (Å²) in [6.45, 7) is 1.25.